The van der Waals surface area contributed by atoms with Crippen molar-refractivity contribution >= 4 is 0 Å². The average Bonchev–Trinajstić information content (AvgIpc) is 2.48. The first kappa shape index (κ1) is 15.6. The van der Waals surface area contributed by atoms with Crippen LogP contribution in [0.2, 0.25) is 0 Å². The van der Waals surface area contributed by atoms with E-state index >= 15 is 0 Å². The molecule has 0 bridgehead atoms. The Kier molecular flexibility index (Phi) is 5.40. The van der Waals surface area contributed by atoms with Gasteiger partial charge in [0.25, 0.3) is 0 Å². The number of para-hydroxylation sites is 1. The van der Waals surface area contributed by atoms with Gasteiger partial charge in [-0.15, -0.1) is 0 Å². The molecule has 0 heterocycles. The highest BCUT2D eigenvalue weighted by molar-refractivity contribution is 5.37. The molecule has 2 nitrogen and oxygen atoms in total. The zero-order chi connectivity index (χ0) is 15.2. The molecule has 0 saturated carbocycles. The lowest BCUT2D eigenvalue weighted by molar-refractivity contribution is 0.334. The molecule has 0 aromatic heterocycles. The van der Waals surface area contributed by atoms with Gasteiger partial charge in [-0.3, -0.25) is 0 Å². The third-order valence-corrected chi connectivity index (χ3v) is 3.72. The van der Waals surface area contributed by atoms with Gasteiger partial charge in [0.1, 0.15) is 5.75 Å². The van der Waals surface area contributed by atoms with Crippen LogP contribution in [0.4, 0.5) is 0 Å². The Morgan fingerprint density at radius 2 is 1.67 bits per heavy atom. The lowest BCUT2D eigenvalue weighted by Gasteiger charge is -2.17. The summed E-state index contributed by atoms with van der Waals surface area (Å²) in [5.41, 5.74) is 10.1. The molecule has 2 aromatic carbocycles. The van der Waals surface area contributed by atoms with Crippen LogP contribution in [0.15, 0.2) is 48.5 Å². The van der Waals surface area contributed by atoms with Gasteiger partial charge < -0.3 is 10.5 Å². The number of rotatable bonds is 6. The first-order valence-electron chi connectivity index (χ1n) is 7.68. The van der Waals surface area contributed by atoms with Crippen molar-refractivity contribution in [3.8, 4) is 5.75 Å². The van der Waals surface area contributed by atoms with Gasteiger partial charge in [-0.25, -0.2) is 0 Å². The number of hydrogen-bond donors (Lipinski definition) is 1. The summed E-state index contributed by atoms with van der Waals surface area (Å²) in [6, 6.07) is 16.7. The highest BCUT2D eigenvalue weighted by Gasteiger charge is 2.12. The van der Waals surface area contributed by atoms with Gasteiger partial charge in [-0.2, -0.15) is 0 Å². The fourth-order valence-electron chi connectivity index (χ4n) is 2.48. The molecular formula is C19H25NO. The van der Waals surface area contributed by atoms with Gasteiger partial charge in [0.2, 0.25) is 0 Å². The van der Waals surface area contributed by atoms with Crippen LogP contribution in [0.1, 0.15) is 49.4 Å². The fraction of sp³-hybridized carbons (Fsp3) is 0.368. The third-order valence-electron chi connectivity index (χ3n) is 3.72. The first-order valence-corrected chi connectivity index (χ1v) is 7.68. The fourth-order valence-corrected chi connectivity index (χ4v) is 2.48. The largest absolute Gasteiger partial charge is 0.494 e. The van der Waals surface area contributed by atoms with Gasteiger partial charge in [-0.05, 0) is 36.5 Å². The van der Waals surface area contributed by atoms with E-state index in [1.807, 2.05) is 25.1 Å². The Labute approximate surface area is 127 Å². The summed E-state index contributed by atoms with van der Waals surface area (Å²) >= 11 is 0. The van der Waals surface area contributed by atoms with E-state index in [0.717, 1.165) is 17.7 Å². The van der Waals surface area contributed by atoms with Crippen molar-refractivity contribution in [1.29, 1.82) is 0 Å². The summed E-state index contributed by atoms with van der Waals surface area (Å²) in [7, 11) is 0. The number of benzene rings is 2. The Morgan fingerprint density at radius 1 is 1.00 bits per heavy atom. The van der Waals surface area contributed by atoms with Crippen LogP contribution in [0.5, 0.6) is 5.75 Å². The molecule has 2 heteroatoms. The highest BCUT2D eigenvalue weighted by atomic mass is 16.5. The molecule has 1 unspecified atom stereocenters. The Hall–Kier alpha value is -1.80. The third kappa shape index (κ3) is 4.08. The van der Waals surface area contributed by atoms with Crippen molar-refractivity contribution in [3.05, 3.63) is 65.2 Å². The molecule has 112 valence electrons. The molecule has 2 aromatic rings. The van der Waals surface area contributed by atoms with Gasteiger partial charge in [0.05, 0.1) is 6.61 Å². The van der Waals surface area contributed by atoms with Crippen LogP contribution in [-0.2, 0) is 6.42 Å². The van der Waals surface area contributed by atoms with E-state index < -0.39 is 0 Å². The molecule has 0 radical (unpaired) electrons. The smallest absolute Gasteiger partial charge is 0.124 e. The summed E-state index contributed by atoms with van der Waals surface area (Å²) in [4.78, 5) is 0. The maximum absolute atomic E-state index is 6.38. The Morgan fingerprint density at radius 3 is 2.29 bits per heavy atom. The van der Waals surface area contributed by atoms with E-state index in [1.165, 1.54) is 11.1 Å². The molecule has 0 fully saturated rings. The zero-order valence-corrected chi connectivity index (χ0v) is 13.2. The second-order valence-electron chi connectivity index (χ2n) is 5.68. The number of hydrogen-bond acceptors (Lipinski definition) is 2. The average molecular weight is 283 g/mol. The summed E-state index contributed by atoms with van der Waals surface area (Å²) in [6.45, 7) is 7.07. The first-order chi connectivity index (χ1) is 10.1. The van der Waals surface area contributed by atoms with Crippen LogP contribution in [0, 0.1) is 0 Å². The maximum atomic E-state index is 6.38. The predicted molar refractivity (Wildman–Crippen MR) is 88.8 cm³/mol. The molecule has 0 aliphatic carbocycles. The van der Waals surface area contributed by atoms with Gasteiger partial charge in [0.15, 0.2) is 0 Å². The lowest BCUT2D eigenvalue weighted by Crippen LogP contribution is -2.15. The summed E-state index contributed by atoms with van der Waals surface area (Å²) in [5, 5.41) is 0. The minimum absolute atomic E-state index is 0.0438. The maximum Gasteiger partial charge on any atom is 0.124 e. The quantitative estimate of drug-likeness (QED) is 0.850. The lowest BCUT2D eigenvalue weighted by atomic mass is 9.96. The molecule has 0 aliphatic rings. The summed E-state index contributed by atoms with van der Waals surface area (Å²) < 4.78 is 5.67. The monoisotopic (exact) mass is 283 g/mol. The number of nitrogens with two attached hydrogens (primary N) is 1. The Balaban J connectivity index is 2.12. The van der Waals surface area contributed by atoms with Crippen LogP contribution in [0.25, 0.3) is 0 Å². The van der Waals surface area contributed by atoms with Crippen LogP contribution < -0.4 is 10.5 Å². The summed E-state index contributed by atoms with van der Waals surface area (Å²) in [6.07, 6.45) is 0.822. The predicted octanol–water partition coefficient (Wildman–Crippen LogP) is 4.45. The van der Waals surface area contributed by atoms with Crippen molar-refractivity contribution in [2.24, 2.45) is 5.73 Å². The summed E-state index contributed by atoms with van der Waals surface area (Å²) in [5.74, 6) is 1.46. The zero-order valence-electron chi connectivity index (χ0n) is 13.2. The van der Waals surface area contributed by atoms with E-state index in [4.69, 9.17) is 10.5 Å². The molecule has 1 atom stereocenters. The van der Waals surface area contributed by atoms with E-state index in [2.05, 4.69) is 44.2 Å². The normalized spacial score (nSPS) is 12.4. The molecule has 21 heavy (non-hydrogen) atoms. The van der Waals surface area contributed by atoms with E-state index in [1.54, 1.807) is 0 Å². The van der Waals surface area contributed by atoms with Gasteiger partial charge in [0, 0.05) is 11.6 Å². The van der Waals surface area contributed by atoms with Crippen molar-refractivity contribution in [1.82, 2.24) is 0 Å². The van der Waals surface area contributed by atoms with Gasteiger partial charge in [-0.1, -0.05) is 56.3 Å². The van der Waals surface area contributed by atoms with E-state index in [0.29, 0.717) is 12.5 Å². The van der Waals surface area contributed by atoms with Crippen LogP contribution in [0.3, 0.4) is 0 Å². The van der Waals surface area contributed by atoms with Crippen molar-refractivity contribution in [2.45, 2.75) is 39.2 Å². The van der Waals surface area contributed by atoms with Crippen molar-refractivity contribution < 1.29 is 4.74 Å². The second-order valence-corrected chi connectivity index (χ2v) is 5.68. The molecular weight excluding hydrogens is 258 g/mol. The molecule has 0 spiro atoms. The van der Waals surface area contributed by atoms with Gasteiger partial charge >= 0.3 is 0 Å². The molecule has 0 saturated heterocycles. The molecule has 0 aliphatic heterocycles. The minimum Gasteiger partial charge on any atom is -0.494 e. The topological polar surface area (TPSA) is 35.2 Å². The molecule has 2 N–H and O–H groups in total. The second kappa shape index (κ2) is 7.28. The van der Waals surface area contributed by atoms with Crippen molar-refractivity contribution in [3.63, 3.8) is 0 Å². The Bertz CT molecular complexity index is 560. The van der Waals surface area contributed by atoms with Crippen molar-refractivity contribution in [2.75, 3.05) is 6.61 Å². The van der Waals surface area contributed by atoms with Crippen LogP contribution >= 0.6 is 0 Å². The van der Waals surface area contributed by atoms with E-state index in [9.17, 15) is 0 Å². The molecule has 2 rings (SSSR count). The number of ether oxygens (including phenoxy) is 1. The SMILES string of the molecule is CCOc1ccccc1C(N)Cc1ccc(C(C)C)cc1. The molecule has 0 amide bonds. The highest BCUT2D eigenvalue weighted by Crippen LogP contribution is 2.26. The minimum atomic E-state index is -0.0438. The standard InChI is InChI=1S/C19H25NO/c1-4-21-19-8-6-5-7-17(19)18(20)13-15-9-11-16(12-10-15)14(2)3/h5-12,14,18H,4,13,20H2,1-3H3. The van der Waals surface area contributed by atoms with E-state index in [-0.39, 0.29) is 6.04 Å². The van der Waals surface area contributed by atoms with Crippen LogP contribution in [-0.4, -0.2) is 6.61 Å².